The molecule has 3 heterocycles. The average molecular weight is 397 g/mol. The number of amides is 1. The standard InChI is InChI=1S/C24H19N3O3/c1-29-16-12-10-15(11-13-16)20-14-21-17-6-2-5-9-22(17)30-24(27(21)26-20)18-7-3-4-8-19(18)25-23(24)28/h2-13,21H,14H2,1H3,(H,25,28)/t21-,24+/m1/s1. The molecule has 1 amide bonds. The van der Waals surface area contributed by atoms with Crippen molar-refractivity contribution in [3.05, 3.63) is 89.5 Å². The first kappa shape index (κ1) is 17.1. The number of fused-ring (bicyclic) bond motifs is 6. The Morgan fingerprint density at radius 1 is 1.07 bits per heavy atom. The fourth-order valence-corrected chi connectivity index (χ4v) is 4.60. The van der Waals surface area contributed by atoms with Gasteiger partial charge in [0.1, 0.15) is 11.5 Å². The number of nitrogens with zero attached hydrogens (tertiary/aromatic N) is 2. The molecule has 0 aromatic heterocycles. The number of hydrogen-bond acceptors (Lipinski definition) is 5. The average Bonchev–Trinajstić information content (AvgIpc) is 3.35. The van der Waals surface area contributed by atoms with Crippen LogP contribution in [0.3, 0.4) is 0 Å². The van der Waals surface area contributed by atoms with E-state index >= 15 is 0 Å². The van der Waals surface area contributed by atoms with Crippen molar-refractivity contribution in [1.82, 2.24) is 5.01 Å². The van der Waals surface area contributed by atoms with E-state index in [2.05, 4.69) is 5.32 Å². The van der Waals surface area contributed by atoms with Crippen LogP contribution in [0.1, 0.15) is 29.2 Å². The van der Waals surface area contributed by atoms with Crippen LogP contribution in [0.25, 0.3) is 0 Å². The van der Waals surface area contributed by atoms with Gasteiger partial charge in [-0.15, -0.1) is 0 Å². The molecule has 3 aromatic rings. The monoisotopic (exact) mass is 397 g/mol. The van der Waals surface area contributed by atoms with Gasteiger partial charge in [-0.05, 0) is 42.0 Å². The molecule has 0 bridgehead atoms. The quantitative estimate of drug-likeness (QED) is 0.709. The smallest absolute Gasteiger partial charge is 0.306 e. The van der Waals surface area contributed by atoms with Crippen molar-refractivity contribution in [3.63, 3.8) is 0 Å². The first-order valence-electron chi connectivity index (χ1n) is 9.91. The van der Waals surface area contributed by atoms with E-state index in [-0.39, 0.29) is 11.9 Å². The second-order valence-electron chi connectivity index (χ2n) is 7.62. The molecule has 0 saturated carbocycles. The minimum absolute atomic E-state index is 0.0936. The number of hydrogen-bond donors (Lipinski definition) is 1. The van der Waals surface area contributed by atoms with Crippen LogP contribution in [0.5, 0.6) is 11.5 Å². The summed E-state index contributed by atoms with van der Waals surface area (Å²) in [5, 5.41) is 9.77. The van der Waals surface area contributed by atoms with Gasteiger partial charge >= 0.3 is 5.72 Å². The van der Waals surface area contributed by atoms with Crippen molar-refractivity contribution >= 4 is 17.3 Å². The van der Waals surface area contributed by atoms with Crippen molar-refractivity contribution < 1.29 is 14.3 Å². The molecular weight excluding hydrogens is 378 g/mol. The number of nitrogens with one attached hydrogen (secondary N) is 1. The van der Waals surface area contributed by atoms with Gasteiger partial charge in [-0.1, -0.05) is 36.4 Å². The highest BCUT2D eigenvalue weighted by Gasteiger charge is 2.60. The normalized spacial score (nSPS) is 23.2. The van der Waals surface area contributed by atoms with E-state index in [1.807, 2.05) is 77.8 Å². The third-order valence-corrected chi connectivity index (χ3v) is 6.04. The lowest BCUT2D eigenvalue weighted by atomic mass is 9.92. The summed E-state index contributed by atoms with van der Waals surface area (Å²) in [6.07, 6.45) is 0.684. The first-order chi connectivity index (χ1) is 14.7. The molecule has 1 spiro atoms. The molecule has 3 aromatic carbocycles. The minimum atomic E-state index is -1.32. The Balaban J connectivity index is 1.53. The number of benzene rings is 3. The van der Waals surface area contributed by atoms with Gasteiger partial charge in [-0.2, -0.15) is 5.10 Å². The number of methoxy groups -OCH3 is 1. The molecule has 6 rings (SSSR count). The number of para-hydroxylation sites is 2. The van der Waals surface area contributed by atoms with E-state index in [1.54, 1.807) is 7.11 Å². The van der Waals surface area contributed by atoms with Crippen LogP contribution in [0.2, 0.25) is 0 Å². The maximum atomic E-state index is 13.3. The molecule has 0 radical (unpaired) electrons. The van der Waals surface area contributed by atoms with E-state index < -0.39 is 5.72 Å². The van der Waals surface area contributed by atoms with E-state index in [0.717, 1.165) is 39.6 Å². The maximum Gasteiger partial charge on any atom is 0.306 e. The number of rotatable bonds is 2. The predicted molar refractivity (Wildman–Crippen MR) is 113 cm³/mol. The SMILES string of the molecule is COc1ccc(C2=NN3[C@H](C2)c2ccccc2O[C@@]32C(=O)Nc3ccccc32)cc1. The molecule has 0 unspecified atom stereocenters. The van der Waals surface area contributed by atoms with Crippen LogP contribution < -0.4 is 14.8 Å². The van der Waals surface area contributed by atoms with E-state index in [0.29, 0.717) is 6.42 Å². The van der Waals surface area contributed by atoms with E-state index in [9.17, 15) is 4.79 Å². The lowest BCUT2D eigenvalue weighted by Crippen LogP contribution is -2.55. The Kier molecular flexibility index (Phi) is 3.47. The second kappa shape index (κ2) is 6.10. The van der Waals surface area contributed by atoms with Crippen LogP contribution in [0.4, 0.5) is 5.69 Å². The summed E-state index contributed by atoms with van der Waals surface area (Å²) in [4.78, 5) is 13.3. The third-order valence-electron chi connectivity index (χ3n) is 6.04. The summed E-state index contributed by atoms with van der Waals surface area (Å²) in [5.74, 6) is 1.30. The minimum Gasteiger partial charge on any atom is -0.497 e. The first-order valence-corrected chi connectivity index (χ1v) is 9.91. The largest absolute Gasteiger partial charge is 0.497 e. The maximum absolute atomic E-state index is 13.3. The number of ether oxygens (including phenoxy) is 2. The van der Waals surface area contributed by atoms with Crippen LogP contribution >= 0.6 is 0 Å². The van der Waals surface area contributed by atoms with E-state index in [4.69, 9.17) is 14.6 Å². The topological polar surface area (TPSA) is 63.2 Å². The number of anilines is 1. The lowest BCUT2D eigenvalue weighted by Gasteiger charge is -2.43. The zero-order valence-corrected chi connectivity index (χ0v) is 16.3. The van der Waals surface area contributed by atoms with Gasteiger partial charge < -0.3 is 14.8 Å². The van der Waals surface area contributed by atoms with Gasteiger partial charge in [0.15, 0.2) is 0 Å². The molecule has 1 N–H and O–H groups in total. The summed E-state index contributed by atoms with van der Waals surface area (Å²) >= 11 is 0. The van der Waals surface area contributed by atoms with Gasteiger partial charge in [0.2, 0.25) is 0 Å². The Hall–Kier alpha value is -3.80. The molecule has 30 heavy (non-hydrogen) atoms. The van der Waals surface area contributed by atoms with Gasteiger partial charge in [0, 0.05) is 12.0 Å². The van der Waals surface area contributed by atoms with E-state index in [1.165, 1.54) is 0 Å². The summed E-state index contributed by atoms with van der Waals surface area (Å²) < 4.78 is 11.7. The summed E-state index contributed by atoms with van der Waals surface area (Å²) in [6.45, 7) is 0. The number of carbonyl (C=O) groups is 1. The van der Waals surface area contributed by atoms with Crippen molar-refractivity contribution in [2.75, 3.05) is 12.4 Å². The molecule has 148 valence electrons. The lowest BCUT2D eigenvalue weighted by molar-refractivity contribution is -0.161. The number of carbonyl (C=O) groups excluding carboxylic acids is 1. The molecule has 3 aliphatic heterocycles. The zero-order chi connectivity index (χ0) is 20.3. The van der Waals surface area contributed by atoms with Crippen LogP contribution in [-0.4, -0.2) is 23.7 Å². The van der Waals surface area contributed by atoms with Gasteiger partial charge in [-0.25, -0.2) is 5.01 Å². The molecule has 6 heteroatoms. The summed E-state index contributed by atoms with van der Waals surface area (Å²) in [7, 11) is 1.65. The Bertz CT molecular complexity index is 1200. The molecule has 3 aliphatic rings. The highest BCUT2D eigenvalue weighted by molar-refractivity contribution is 6.07. The second-order valence-corrected chi connectivity index (χ2v) is 7.62. The number of hydrazone groups is 1. The third kappa shape index (κ3) is 2.19. The fourth-order valence-electron chi connectivity index (χ4n) is 4.60. The highest BCUT2D eigenvalue weighted by Crippen LogP contribution is 2.53. The molecule has 0 saturated heterocycles. The molecular formula is C24H19N3O3. The van der Waals surface area contributed by atoms with Crippen molar-refractivity contribution in [2.45, 2.75) is 18.2 Å². The molecule has 6 nitrogen and oxygen atoms in total. The van der Waals surface area contributed by atoms with Crippen LogP contribution in [0.15, 0.2) is 77.9 Å². The fraction of sp³-hybridized carbons (Fsp3) is 0.167. The summed E-state index contributed by atoms with van der Waals surface area (Å²) in [6, 6.07) is 23.3. The Labute approximate surface area is 173 Å². The Morgan fingerprint density at radius 2 is 1.83 bits per heavy atom. The Morgan fingerprint density at radius 3 is 2.67 bits per heavy atom. The van der Waals surface area contributed by atoms with Crippen LogP contribution in [0, 0.1) is 0 Å². The summed E-state index contributed by atoms with van der Waals surface area (Å²) in [5.41, 5.74) is 3.18. The van der Waals surface area contributed by atoms with Crippen molar-refractivity contribution in [2.24, 2.45) is 5.10 Å². The predicted octanol–water partition coefficient (Wildman–Crippen LogP) is 4.04. The van der Waals surface area contributed by atoms with Gasteiger partial charge in [0.05, 0.1) is 30.1 Å². The van der Waals surface area contributed by atoms with Crippen molar-refractivity contribution in [1.29, 1.82) is 0 Å². The zero-order valence-electron chi connectivity index (χ0n) is 16.3. The van der Waals surface area contributed by atoms with Crippen molar-refractivity contribution in [3.8, 4) is 11.5 Å². The molecule has 0 fully saturated rings. The van der Waals surface area contributed by atoms with Gasteiger partial charge in [0.25, 0.3) is 5.91 Å². The molecule has 0 aliphatic carbocycles. The highest BCUT2D eigenvalue weighted by atomic mass is 16.5. The molecule has 2 atom stereocenters. The van der Waals surface area contributed by atoms with Gasteiger partial charge in [-0.3, -0.25) is 4.79 Å². The van der Waals surface area contributed by atoms with Crippen LogP contribution in [-0.2, 0) is 10.5 Å².